The van der Waals surface area contributed by atoms with Crippen molar-refractivity contribution in [3.05, 3.63) is 33.4 Å². The molecule has 2 amide bonds. The van der Waals surface area contributed by atoms with Gasteiger partial charge in [-0.1, -0.05) is 15.9 Å². The Balaban J connectivity index is 1.92. The minimum atomic E-state index is -5.88. The first-order valence-corrected chi connectivity index (χ1v) is 8.69. The number of benzene rings is 1. The maximum absolute atomic E-state index is 13.1. The number of esters is 1. The fraction of sp³-hybridized carbons (Fsp3) is 0.375. The summed E-state index contributed by atoms with van der Waals surface area (Å²) in [6.45, 7) is -0.972. The zero-order valence-electron chi connectivity index (χ0n) is 14.5. The lowest BCUT2D eigenvalue weighted by Gasteiger charge is -2.29. The monoisotopic (exact) mass is 486 g/mol. The summed E-state index contributed by atoms with van der Waals surface area (Å²) in [5.41, 5.74) is -0.135. The molecule has 2 aliphatic heterocycles. The highest BCUT2D eigenvalue weighted by Crippen LogP contribution is 2.42. The molecule has 0 saturated heterocycles. The van der Waals surface area contributed by atoms with E-state index in [1.54, 1.807) is 0 Å². The van der Waals surface area contributed by atoms with Crippen LogP contribution in [-0.4, -0.2) is 37.5 Å². The molecule has 3 rings (SSSR count). The third kappa shape index (κ3) is 4.09. The lowest BCUT2D eigenvalue weighted by molar-refractivity contribution is -0.293. The average molecular weight is 487 g/mol. The predicted octanol–water partition coefficient (Wildman–Crippen LogP) is 3.55. The fourth-order valence-electron chi connectivity index (χ4n) is 2.67. The van der Waals surface area contributed by atoms with Crippen LogP contribution in [0.4, 0.5) is 26.7 Å². The Labute approximate surface area is 168 Å². The van der Waals surface area contributed by atoms with E-state index in [-0.39, 0.29) is 23.6 Å². The van der Waals surface area contributed by atoms with Crippen LogP contribution in [0.2, 0.25) is 0 Å². The number of rotatable bonds is 4. The number of halogens is 6. The molecule has 0 aliphatic carbocycles. The number of hydrogen-bond acceptors (Lipinski definition) is 5. The molecule has 1 atom stereocenters. The first kappa shape index (κ1) is 21.1. The average Bonchev–Trinajstić information content (AvgIpc) is 3.04. The molecule has 2 N–H and O–H groups in total. The van der Waals surface area contributed by atoms with Crippen molar-refractivity contribution >= 4 is 27.9 Å². The van der Waals surface area contributed by atoms with E-state index < -0.39 is 36.7 Å². The molecule has 0 bridgehead atoms. The van der Waals surface area contributed by atoms with E-state index in [1.165, 1.54) is 19.1 Å². The van der Waals surface area contributed by atoms with Crippen LogP contribution in [0.5, 0.6) is 11.5 Å². The van der Waals surface area contributed by atoms with Crippen LogP contribution < -0.4 is 20.1 Å². The van der Waals surface area contributed by atoms with Gasteiger partial charge in [0.1, 0.15) is 0 Å². The van der Waals surface area contributed by atoms with Crippen LogP contribution in [0.15, 0.2) is 27.9 Å². The normalized spacial score (nSPS) is 19.0. The van der Waals surface area contributed by atoms with Crippen LogP contribution in [0.25, 0.3) is 0 Å². The minimum Gasteiger partial charge on any atom is -0.455 e. The van der Waals surface area contributed by atoms with Crippen molar-refractivity contribution in [3.8, 4) is 11.5 Å². The number of fused-ring (bicyclic) bond motifs is 1. The van der Waals surface area contributed by atoms with Crippen LogP contribution in [-0.2, 0) is 9.53 Å². The van der Waals surface area contributed by atoms with Crippen LogP contribution >= 0.6 is 15.9 Å². The summed E-state index contributed by atoms with van der Waals surface area (Å²) in [6.07, 6.45) is -5.88. The molecule has 2 heterocycles. The number of urea groups is 1. The Bertz CT molecular complexity index is 902. The third-order valence-corrected chi connectivity index (χ3v) is 4.78. The molecule has 0 fully saturated rings. The second-order valence-electron chi connectivity index (χ2n) is 6.08. The van der Waals surface area contributed by atoms with E-state index in [0.29, 0.717) is 16.0 Å². The van der Waals surface area contributed by atoms with Crippen molar-refractivity contribution < 1.29 is 45.8 Å². The lowest BCUT2D eigenvalue weighted by atomic mass is 9.95. The van der Waals surface area contributed by atoms with Gasteiger partial charge in [-0.05, 0) is 24.6 Å². The number of allylic oxidation sites excluding steroid dienone is 1. The third-order valence-electron chi connectivity index (χ3n) is 4.09. The van der Waals surface area contributed by atoms with Gasteiger partial charge in [0.25, 0.3) is 0 Å². The second kappa shape index (κ2) is 7.35. The highest BCUT2D eigenvalue weighted by molar-refractivity contribution is 9.10. The number of amides is 2. The lowest BCUT2D eigenvalue weighted by Crippen LogP contribution is -2.46. The Morgan fingerprint density at radius 1 is 1.24 bits per heavy atom. The van der Waals surface area contributed by atoms with Gasteiger partial charge in [0.05, 0.1) is 11.6 Å². The molecule has 1 unspecified atom stereocenters. The molecule has 1 aromatic carbocycles. The molecule has 13 heteroatoms. The Kier molecular flexibility index (Phi) is 5.36. The summed E-state index contributed by atoms with van der Waals surface area (Å²) in [4.78, 5) is 24.2. The molecule has 0 saturated carbocycles. The highest BCUT2D eigenvalue weighted by Gasteiger charge is 2.58. The van der Waals surface area contributed by atoms with Gasteiger partial charge in [0.2, 0.25) is 6.79 Å². The first-order chi connectivity index (χ1) is 13.4. The summed E-state index contributed by atoms with van der Waals surface area (Å²) in [7, 11) is 0. The molecule has 2 aliphatic rings. The summed E-state index contributed by atoms with van der Waals surface area (Å²) in [6, 6.07) is 1.02. The van der Waals surface area contributed by atoms with Gasteiger partial charge in [-0.15, -0.1) is 0 Å². The van der Waals surface area contributed by atoms with Crippen molar-refractivity contribution in [1.29, 1.82) is 0 Å². The zero-order valence-corrected chi connectivity index (χ0v) is 16.0. The topological polar surface area (TPSA) is 85.9 Å². The van der Waals surface area contributed by atoms with E-state index in [9.17, 15) is 31.5 Å². The Hall–Kier alpha value is -2.57. The van der Waals surface area contributed by atoms with Crippen molar-refractivity contribution in [2.45, 2.75) is 25.1 Å². The van der Waals surface area contributed by atoms with Gasteiger partial charge in [-0.3, -0.25) is 0 Å². The van der Waals surface area contributed by atoms with E-state index in [1.807, 2.05) is 0 Å². The smallest absolute Gasteiger partial charge is 0.455 e. The van der Waals surface area contributed by atoms with E-state index in [4.69, 9.17) is 9.47 Å². The van der Waals surface area contributed by atoms with E-state index >= 15 is 0 Å². The standard InChI is InChI=1S/C16H12BrF5N2O5/c1-6-11(13(25)27-4-15(18,19)16(20,21)22)12(24-14(26)23-6)7-2-9-10(3-8(7)17)29-5-28-9/h2-3,12H,4-5H2,1H3,(H2,23,24,26). The SMILES string of the molecule is CC1=C(C(=O)OCC(F)(F)C(F)(F)F)C(c2cc3c(cc2Br)OCO3)NC(=O)N1. The number of hydrogen-bond donors (Lipinski definition) is 2. The van der Waals surface area contributed by atoms with Gasteiger partial charge in [-0.2, -0.15) is 22.0 Å². The highest BCUT2D eigenvalue weighted by atomic mass is 79.9. The molecule has 29 heavy (non-hydrogen) atoms. The predicted molar refractivity (Wildman–Crippen MR) is 89.3 cm³/mol. The van der Waals surface area contributed by atoms with Crippen LogP contribution in [0.1, 0.15) is 18.5 Å². The number of ether oxygens (including phenoxy) is 3. The van der Waals surface area contributed by atoms with Crippen LogP contribution in [0, 0.1) is 0 Å². The molecule has 0 radical (unpaired) electrons. The van der Waals surface area contributed by atoms with Gasteiger partial charge in [0, 0.05) is 10.2 Å². The summed E-state index contributed by atoms with van der Waals surface area (Å²) in [5, 5.41) is 4.67. The van der Waals surface area contributed by atoms with E-state index in [2.05, 4.69) is 31.3 Å². The second-order valence-corrected chi connectivity index (χ2v) is 6.93. The number of carbonyl (C=O) groups excluding carboxylic acids is 2. The van der Waals surface area contributed by atoms with Crippen LogP contribution in [0.3, 0.4) is 0 Å². The van der Waals surface area contributed by atoms with Gasteiger partial charge >= 0.3 is 24.1 Å². The molecule has 0 spiro atoms. The summed E-state index contributed by atoms with van der Waals surface area (Å²) in [5.74, 6) is -5.99. The molecule has 0 aromatic heterocycles. The zero-order chi connectivity index (χ0) is 21.6. The number of alkyl halides is 5. The molecular formula is C16H12BrF5N2O5. The quantitative estimate of drug-likeness (QED) is 0.502. The minimum absolute atomic E-state index is 0.0555. The largest absolute Gasteiger partial charge is 0.456 e. The molecule has 158 valence electrons. The van der Waals surface area contributed by atoms with Gasteiger partial charge < -0.3 is 24.8 Å². The van der Waals surface area contributed by atoms with Gasteiger partial charge in [-0.25, -0.2) is 9.59 Å². The molecule has 7 nitrogen and oxygen atoms in total. The summed E-state index contributed by atoms with van der Waals surface area (Å²) >= 11 is 3.25. The van der Waals surface area contributed by atoms with Crippen molar-refractivity contribution in [1.82, 2.24) is 10.6 Å². The Morgan fingerprint density at radius 2 is 1.86 bits per heavy atom. The maximum Gasteiger partial charge on any atom is 0.456 e. The van der Waals surface area contributed by atoms with Crippen molar-refractivity contribution in [2.24, 2.45) is 0 Å². The maximum atomic E-state index is 13.1. The number of nitrogens with one attached hydrogen (secondary N) is 2. The van der Waals surface area contributed by atoms with E-state index in [0.717, 1.165) is 0 Å². The molecule has 1 aromatic rings. The number of carbonyl (C=O) groups is 2. The Morgan fingerprint density at radius 3 is 2.48 bits per heavy atom. The fourth-order valence-corrected chi connectivity index (χ4v) is 3.22. The summed E-state index contributed by atoms with van der Waals surface area (Å²) < 4.78 is 78.2. The van der Waals surface area contributed by atoms with Crippen molar-refractivity contribution in [3.63, 3.8) is 0 Å². The van der Waals surface area contributed by atoms with Gasteiger partial charge in [0.15, 0.2) is 18.1 Å². The van der Waals surface area contributed by atoms with Crippen molar-refractivity contribution in [2.75, 3.05) is 13.4 Å². The molecular weight excluding hydrogens is 475 g/mol. The first-order valence-electron chi connectivity index (χ1n) is 7.89.